The maximum absolute atomic E-state index is 12.6. The average Bonchev–Trinajstić information content (AvgIpc) is 3.24. The van der Waals surface area contributed by atoms with Crippen molar-refractivity contribution in [3.63, 3.8) is 0 Å². The topological polar surface area (TPSA) is 49.3 Å². The Labute approximate surface area is 144 Å². The number of hydrogen-bond acceptors (Lipinski definition) is 6. The Morgan fingerprint density at radius 3 is 3.09 bits per heavy atom. The van der Waals surface area contributed by atoms with Crippen LogP contribution in [0, 0.1) is 0 Å². The summed E-state index contributed by atoms with van der Waals surface area (Å²) in [5.41, 5.74) is 4.09. The molecule has 0 bridgehead atoms. The highest BCUT2D eigenvalue weighted by Crippen LogP contribution is 2.34. The summed E-state index contributed by atoms with van der Waals surface area (Å²) in [6.45, 7) is 0.840. The Morgan fingerprint density at radius 2 is 2.35 bits per heavy atom. The van der Waals surface area contributed by atoms with E-state index in [9.17, 15) is 4.79 Å². The van der Waals surface area contributed by atoms with Gasteiger partial charge in [0.25, 0.3) is 0 Å². The number of carbonyl (C=O) groups is 1. The smallest absolute Gasteiger partial charge is 0.233 e. The molecule has 1 saturated heterocycles. The van der Waals surface area contributed by atoms with Gasteiger partial charge >= 0.3 is 0 Å². The summed E-state index contributed by atoms with van der Waals surface area (Å²) >= 11 is 2.95. The molecule has 1 atom stereocenters. The van der Waals surface area contributed by atoms with Crippen LogP contribution in [0.2, 0.25) is 0 Å². The fraction of sp³-hybridized carbons (Fsp3) is 0.438. The Morgan fingerprint density at radius 1 is 1.48 bits per heavy atom. The number of rotatable bonds is 5. The molecule has 0 N–H and O–H groups in total. The van der Waals surface area contributed by atoms with Crippen molar-refractivity contribution in [3.8, 4) is 0 Å². The van der Waals surface area contributed by atoms with E-state index in [-0.39, 0.29) is 11.9 Å². The summed E-state index contributed by atoms with van der Waals surface area (Å²) < 4.78 is 0.851. The van der Waals surface area contributed by atoms with Gasteiger partial charge in [-0.3, -0.25) is 4.79 Å². The molecule has 1 aliphatic rings. The lowest BCUT2D eigenvalue weighted by atomic mass is 10.0. The molecule has 2 aromatic rings. The van der Waals surface area contributed by atoms with E-state index in [2.05, 4.69) is 39.4 Å². The molecule has 1 aromatic carbocycles. The molecule has 1 aromatic heterocycles. The number of likely N-dealkylation sites (tertiary alicyclic amines) is 1. The van der Waals surface area contributed by atoms with Crippen LogP contribution in [0.15, 0.2) is 34.1 Å². The van der Waals surface area contributed by atoms with Crippen LogP contribution in [0.3, 0.4) is 0 Å². The van der Waals surface area contributed by atoms with Crippen LogP contribution in [0.25, 0.3) is 0 Å². The van der Waals surface area contributed by atoms with Crippen LogP contribution in [-0.2, 0) is 4.79 Å². The molecule has 7 heteroatoms. The number of nitrogens with zero attached hydrogens (tertiary/aromatic N) is 4. The summed E-state index contributed by atoms with van der Waals surface area (Å²) in [6, 6.07) is 8.67. The van der Waals surface area contributed by atoms with Crippen molar-refractivity contribution in [3.05, 3.63) is 35.3 Å². The SMILES string of the molecule is CN(C)c1cccc([C@@H]2CCCN2C(=O)CSc2nncs2)c1. The number of anilines is 1. The Hall–Kier alpha value is -1.60. The first-order chi connectivity index (χ1) is 11.1. The lowest BCUT2D eigenvalue weighted by molar-refractivity contribution is -0.129. The van der Waals surface area contributed by atoms with Crippen molar-refractivity contribution in [2.75, 3.05) is 31.3 Å². The monoisotopic (exact) mass is 348 g/mol. The maximum atomic E-state index is 12.6. The summed E-state index contributed by atoms with van der Waals surface area (Å²) in [5, 5.41) is 7.78. The van der Waals surface area contributed by atoms with Gasteiger partial charge in [0.1, 0.15) is 5.51 Å². The summed E-state index contributed by atoms with van der Waals surface area (Å²) in [4.78, 5) is 16.7. The zero-order chi connectivity index (χ0) is 16.2. The first-order valence-electron chi connectivity index (χ1n) is 7.61. The molecule has 0 saturated carbocycles. The van der Waals surface area contributed by atoms with Gasteiger partial charge in [0, 0.05) is 26.3 Å². The van der Waals surface area contributed by atoms with Crippen LogP contribution in [0.1, 0.15) is 24.4 Å². The number of carbonyl (C=O) groups excluding carboxylic acids is 1. The van der Waals surface area contributed by atoms with E-state index in [0.717, 1.165) is 23.7 Å². The maximum Gasteiger partial charge on any atom is 0.233 e. The lowest BCUT2D eigenvalue weighted by Gasteiger charge is -2.26. The molecule has 0 radical (unpaired) electrons. The van der Waals surface area contributed by atoms with Crippen molar-refractivity contribution in [1.82, 2.24) is 15.1 Å². The Bertz CT molecular complexity index is 660. The summed E-state index contributed by atoms with van der Waals surface area (Å²) in [5.74, 6) is 0.613. The molecule has 5 nitrogen and oxygen atoms in total. The third-order valence-electron chi connectivity index (χ3n) is 4.00. The second kappa shape index (κ2) is 7.31. The number of hydrogen-bond donors (Lipinski definition) is 0. The number of benzene rings is 1. The number of thioether (sulfide) groups is 1. The van der Waals surface area contributed by atoms with E-state index in [4.69, 9.17) is 0 Å². The van der Waals surface area contributed by atoms with Crippen LogP contribution in [-0.4, -0.2) is 47.4 Å². The van der Waals surface area contributed by atoms with Gasteiger partial charge < -0.3 is 9.80 Å². The molecule has 0 aliphatic carbocycles. The van der Waals surface area contributed by atoms with Gasteiger partial charge in [-0.25, -0.2) is 0 Å². The standard InChI is InChI=1S/C16H20N4OS2/c1-19(2)13-6-3-5-12(9-13)14-7-4-8-20(14)15(21)10-22-16-18-17-11-23-16/h3,5-6,9,11,14H,4,7-8,10H2,1-2H3/t14-/m0/s1. The van der Waals surface area contributed by atoms with E-state index in [0.29, 0.717) is 5.75 Å². The fourth-order valence-electron chi connectivity index (χ4n) is 2.85. The predicted octanol–water partition coefficient (Wildman–Crippen LogP) is 3.06. The van der Waals surface area contributed by atoms with Crippen LogP contribution < -0.4 is 4.90 Å². The first-order valence-corrected chi connectivity index (χ1v) is 9.47. The molecular formula is C16H20N4OS2. The molecule has 0 spiro atoms. The summed E-state index contributed by atoms with van der Waals surface area (Å²) in [7, 11) is 4.07. The number of amides is 1. The zero-order valence-electron chi connectivity index (χ0n) is 13.3. The van der Waals surface area contributed by atoms with Gasteiger partial charge in [0.15, 0.2) is 4.34 Å². The van der Waals surface area contributed by atoms with E-state index in [1.165, 1.54) is 34.3 Å². The van der Waals surface area contributed by atoms with Gasteiger partial charge in [0.2, 0.25) is 5.91 Å². The van der Waals surface area contributed by atoms with E-state index < -0.39 is 0 Å². The van der Waals surface area contributed by atoms with Crippen molar-refractivity contribution < 1.29 is 4.79 Å². The molecule has 3 rings (SSSR count). The second-order valence-corrected chi connectivity index (χ2v) is 7.78. The van der Waals surface area contributed by atoms with Crippen LogP contribution in [0.5, 0.6) is 0 Å². The van der Waals surface area contributed by atoms with E-state index in [1.54, 1.807) is 5.51 Å². The minimum atomic E-state index is 0.183. The molecule has 1 amide bonds. The normalized spacial score (nSPS) is 17.5. The largest absolute Gasteiger partial charge is 0.378 e. The van der Waals surface area contributed by atoms with Crippen molar-refractivity contribution in [2.24, 2.45) is 0 Å². The Kier molecular flexibility index (Phi) is 5.17. The molecule has 1 aliphatic heterocycles. The molecule has 2 heterocycles. The highest BCUT2D eigenvalue weighted by atomic mass is 32.2. The summed E-state index contributed by atoms with van der Waals surface area (Å²) in [6.07, 6.45) is 2.10. The van der Waals surface area contributed by atoms with Gasteiger partial charge in [-0.15, -0.1) is 10.2 Å². The molecule has 0 unspecified atom stereocenters. The van der Waals surface area contributed by atoms with Gasteiger partial charge in [-0.2, -0.15) is 0 Å². The van der Waals surface area contributed by atoms with Gasteiger partial charge in [0.05, 0.1) is 11.8 Å². The molecule has 122 valence electrons. The van der Waals surface area contributed by atoms with Crippen LogP contribution in [0.4, 0.5) is 5.69 Å². The Balaban J connectivity index is 1.69. The second-order valence-electron chi connectivity index (χ2n) is 5.73. The average molecular weight is 348 g/mol. The number of aromatic nitrogens is 2. The van der Waals surface area contributed by atoms with E-state index in [1.807, 2.05) is 19.0 Å². The van der Waals surface area contributed by atoms with Crippen molar-refractivity contribution in [2.45, 2.75) is 23.2 Å². The third kappa shape index (κ3) is 3.84. The van der Waals surface area contributed by atoms with Crippen molar-refractivity contribution in [1.29, 1.82) is 0 Å². The quantitative estimate of drug-likeness (QED) is 0.777. The fourth-order valence-corrected chi connectivity index (χ4v) is 4.23. The highest BCUT2D eigenvalue weighted by Gasteiger charge is 2.30. The first kappa shape index (κ1) is 16.3. The van der Waals surface area contributed by atoms with Crippen LogP contribution >= 0.6 is 23.1 Å². The van der Waals surface area contributed by atoms with Gasteiger partial charge in [-0.05, 0) is 30.5 Å². The van der Waals surface area contributed by atoms with Crippen molar-refractivity contribution >= 4 is 34.7 Å². The lowest BCUT2D eigenvalue weighted by Crippen LogP contribution is -2.32. The highest BCUT2D eigenvalue weighted by molar-refractivity contribution is 8.01. The molecule has 23 heavy (non-hydrogen) atoms. The molecular weight excluding hydrogens is 328 g/mol. The predicted molar refractivity (Wildman–Crippen MR) is 95.1 cm³/mol. The molecule has 1 fully saturated rings. The zero-order valence-corrected chi connectivity index (χ0v) is 14.9. The minimum Gasteiger partial charge on any atom is -0.378 e. The minimum absolute atomic E-state index is 0.183. The third-order valence-corrected chi connectivity index (χ3v) is 5.85. The van der Waals surface area contributed by atoms with Gasteiger partial charge in [-0.1, -0.05) is 35.2 Å². The van der Waals surface area contributed by atoms with E-state index >= 15 is 0 Å².